The number of thioether (sulfide) groups is 1. The third-order valence-corrected chi connectivity index (χ3v) is 4.24. The minimum atomic E-state index is -1.42. The molecule has 6 nitrogen and oxygen atoms in total. The number of carboxylic acid groups (broad SMARTS) is 1. The minimum Gasteiger partial charge on any atom is -0.546 e. The number of amides is 2. The quantitative estimate of drug-likeness (QED) is 0.568. The Balaban J connectivity index is 2.28. The van der Waals surface area contributed by atoms with Gasteiger partial charge in [-0.2, -0.15) is 0 Å². The van der Waals surface area contributed by atoms with Gasteiger partial charge in [0.25, 0.3) is 11.1 Å². The average Bonchev–Trinajstić information content (AvgIpc) is 2.74. The number of aliphatic carboxylic acids is 1. The lowest BCUT2D eigenvalue weighted by Gasteiger charge is -2.11. The number of terminal acetylenes is 1. The molecule has 0 aromatic heterocycles. The molecular formula is C15H8Cl2NO5S-. The second-order valence-corrected chi connectivity index (χ2v) is 6.25. The molecule has 1 aromatic carbocycles. The van der Waals surface area contributed by atoms with E-state index in [2.05, 4.69) is 5.92 Å². The summed E-state index contributed by atoms with van der Waals surface area (Å²) in [5, 5.41) is 10.1. The molecule has 0 saturated carbocycles. The zero-order valence-corrected chi connectivity index (χ0v) is 14.2. The van der Waals surface area contributed by atoms with Crippen LogP contribution >= 0.6 is 35.0 Å². The largest absolute Gasteiger partial charge is 0.546 e. The summed E-state index contributed by atoms with van der Waals surface area (Å²) in [6.07, 6.45) is 6.55. The van der Waals surface area contributed by atoms with Gasteiger partial charge in [0.15, 0.2) is 5.75 Å². The number of carboxylic acids is 1. The lowest BCUT2D eigenvalue weighted by atomic mass is 10.2. The molecule has 1 aromatic rings. The molecule has 2 rings (SSSR count). The average molecular weight is 385 g/mol. The van der Waals surface area contributed by atoms with Crippen LogP contribution in [-0.2, 0) is 9.59 Å². The van der Waals surface area contributed by atoms with Crippen LogP contribution in [0.3, 0.4) is 0 Å². The Labute approximate surface area is 151 Å². The number of hydrogen-bond donors (Lipinski definition) is 0. The molecule has 0 atom stereocenters. The maximum absolute atomic E-state index is 12.1. The van der Waals surface area contributed by atoms with Gasteiger partial charge >= 0.3 is 0 Å². The number of halogens is 2. The molecule has 1 heterocycles. The number of nitrogens with zero attached hydrogens (tertiary/aromatic N) is 1. The molecule has 0 bridgehead atoms. The molecular weight excluding hydrogens is 377 g/mol. The van der Waals surface area contributed by atoms with Crippen LogP contribution in [0, 0.1) is 12.3 Å². The minimum absolute atomic E-state index is 0.0138. The molecule has 9 heteroatoms. The number of carbonyl (C=O) groups is 3. The van der Waals surface area contributed by atoms with E-state index in [1.807, 2.05) is 0 Å². The fraction of sp³-hybridized carbons (Fsp3) is 0.133. The van der Waals surface area contributed by atoms with E-state index in [1.54, 1.807) is 0 Å². The fourth-order valence-electron chi connectivity index (χ4n) is 1.81. The molecule has 1 fully saturated rings. The summed E-state index contributed by atoms with van der Waals surface area (Å²) in [7, 11) is 0. The zero-order chi connectivity index (χ0) is 17.9. The van der Waals surface area contributed by atoms with E-state index >= 15 is 0 Å². The summed E-state index contributed by atoms with van der Waals surface area (Å²) in [6, 6.07) is 2.85. The molecule has 0 N–H and O–H groups in total. The van der Waals surface area contributed by atoms with Crippen LogP contribution in [0.5, 0.6) is 5.75 Å². The highest BCUT2D eigenvalue weighted by atomic mass is 35.5. The van der Waals surface area contributed by atoms with Crippen LogP contribution in [0.4, 0.5) is 4.79 Å². The van der Waals surface area contributed by atoms with Crippen molar-refractivity contribution in [3.05, 3.63) is 32.6 Å². The Morgan fingerprint density at radius 3 is 2.54 bits per heavy atom. The first kappa shape index (κ1) is 18.2. The van der Waals surface area contributed by atoms with Crippen LogP contribution in [0.1, 0.15) is 5.56 Å². The van der Waals surface area contributed by atoms with E-state index in [-0.39, 0.29) is 27.2 Å². The van der Waals surface area contributed by atoms with Gasteiger partial charge in [-0.15, -0.1) is 6.42 Å². The number of ether oxygens (including phenoxy) is 1. The van der Waals surface area contributed by atoms with E-state index in [4.69, 9.17) is 34.4 Å². The van der Waals surface area contributed by atoms with Crippen LogP contribution < -0.4 is 9.84 Å². The lowest BCUT2D eigenvalue weighted by Crippen LogP contribution is -2.29. The van der Waals surface area contributed by atoms with Crippen molar-refractivity contribution in [2.24, 2.45) is 0 Å². The first-order chi connectivity index (χ1) is 11.3. The molecule has 24 heavy (non-hydrogen) atoms. The third-order valence-electron chi connectivity index (χ3n) is 2.78. The van der Waals surface area contributed by atoms with E-state index in [9.17, 15) is 19.5 Å². The summed E-state index contributed by atoms with van der Waals surface area (Å²) < 4.78 is 4.94. The Hall–Kier alpha value is -2.14. The number of rotatable bonds is 5. The van der Waals surface area contributed by atoms with Crippen LogP contribution in [0.25, 0.3) is 6.08 Å². The highest BCUT2D eigenvalue weighted by Crippen LogP contribution is 2.37. The SMILES string of the molecule is C#CCN1C(=O)S/C(=C/c2cc(Cl)c(OCC(=O)[O-])c(Cl)c2)C1=O. The van der Waals surface area contributed by atoms with Gasteiger partial charge in [0, 0.05) is 0 Å². The summed E-state index contributed by atoms with van der Waals surface area (Å²) in [5.74, 6) is 0.292. The third kappa shape index (κ3) is 4.03. The highest BCUT2D eigenvalue weighted by Gasteiger charge is 2.34. The number of carbonyl (C=O) groups excluding carboxylic acids is 3. The maximum atomic E-state index is 12.1. The van der Waals surface area contributed by atoms with Crippen molar-refractivity contribution in [1.29, 1.82) is 0 Å². The van der Waals surface area contributed by atoms with E-state index in [1.165, 1.54) is 18.2 Å². The Morgan fingerprint density at radius 2 is 2.00 bits per heavy atom. The Morgan fingerprint density at radius 1 is 1.38 bits per heavy atom. The molecule has 0 radical (unpaired) electrons. The summed E-state index contributed by atoms with van der Waals surface area (Å²) in [5.41, 5.74) is 0.442. The van der Waals surface area contributed by atoms with Gasteiger partial charge < -0.3 is 14.6 Å². The van der Waals surface area contributed by atoms with Crippen LogP contribution in [-0.4, -0.2) is 35.2 Å². The number of imide groups is 1. The van der Waals surface area contributed by atoms with Gasteiger partial charge in [-0.05, 0) is 35.5 Å². The fourth-order valence-corrected chi connectivity index (χ4v) is 3.26. The molecule has 1 saturated heterocycles. The summed E-state index contributed by atoms with van der Waals surface area (Å²) >= 11 is 12.7. The van der Waals surface area contributed by atoms with Crippen molar-refractivity contribution in [2.45, 2.75) is 0 Å². The van der Waals surface area contributed by atoms with E-state index < -0.39 is 23.7 Å². The standard InChI is InChI=1S/C15H9Cl2NO5S/c1-2-3-18-14(21)11(24-15(18)22)6-8-4-9(16)13(10(17)5-8)23-7-12(19)20/h1,4-6H,3,7H2,(H,19,20)/p-1/b11-6+. The van der Waals surface area contributed by atoms with Crippen molar-refractivity contribution in [3.63, 3.8) is 0 Å². The molecule has 0 aliphatic carbocycles. The van der Waals surface area contributed by atoms with Crippen molar-refractivity contribution >= 4 is 58.2 Å². The van der Waals surface area contributed by atoms with Gasteiger partial charge in [0.05, 0.1) is 27.5 Å². The lowest BCUT2D eigenvalue weighted by molar-refractivity contribution is -0.307. The predicted molar refractivity (Wildman–Crippen MR) is 88.5 cm³/mol. The normalized spacial score (nSPS) is 15.7. The van der Waals surface area contributed by atoms with Crippen molar-refractivity contribution < 1.29 is 24.2 Å². The second kappa shape index (κ2) is 7.62. The predicted octanol–water partition coefficient (Wildman–Crippen LogP) is 1.79. The Bertz CT molecular complexity index is 777. The summed E-state index contributed by atoms with van der Waals surface area (Å²) in [6.45, 7) is -0.816. The van der Waals surface area contributed by atoms with Crippen LogP contribution in [0.15, 0.2) is 17.0 Å². The molecule has 0 unspecified atom stereocenters. The van der Waals surface area contributed by atoms with Crippen molar-refractivity contribution in [2.75, 3.05) is 13.2 Å². The smallest absolute Gasteiger partial charge is 0.294 e. The Kier molecular flexibility index (Phi) is 5.78. The van der Waals surface area contributed by atoms with E-state index in [0.29, 0.717) is 5.56 Å². The number of benzene rings is 1. The van der Waals surface area contributed by atoms with Gasteiger partial charge in [-0.1, -0.05) is 29.1 Å². The highest BCUT2D eigenvalue weighted by molar-refractivity contribution is 8.18. The van der Waals surface area contributed by atoms with Gasteiger partial charge in [-0.3, -0.25) is 14.5 Å². The zero-order valence-electron chi connectivity index (χ0n) is 11.9. The molecule has 1 aliphatic heterocycles. The topological polar surface area (TPSA) is 86.7 Å². The first-order valence-electron chi connectivity index (χ1n) is 6.34. The maximum Gasteiger partial charge on any atom is 0.294 e. The van der Waals surface area contributed by atoms with Crippen LogP contribution in [0.2, 0.25) is 10.0 Å². The van der Waals surface area contributed by atoms with Crippen molar-refractivity contribution in [1.82, 2.24) is 4.90 Å². The van der Waals surface area contributed by atoms with Gasteiger partial charge in [0.2, 0.25) is 0 Å². The van der Waals surface area contributed by atoms with E-state index in [0.717, 1.165) is 16.7 Å². The summed E-state index contributed by atoms with van der Waals surface area (Å²) in [4.78, 5) is 35.3. The first-order valence-corrected chi connectivity index (χ1v) is 7.91. The molecule has 124 valence electrons. The monoisotopic (exact) mass is 384 g/mol. The second-order valence-electron chi connectivity index (χ2n) is 4.45. The van der Waals surface area contributed by atoms with Crippen molar-refractivity contribution in [3.8, 4) is 18.1 Å². The van der Waals surface area contributed by atoms with Gasteiger partial charge in [0.1, 0.15) is 6.61 Å². The molecule has 2 amide bonds. The number of hydrogen-bond acceptors (Lipinski definition) is 6. The molecule has 1 aliphatic rings. The molecule has 0 spiro atoms. The van der Waals surface area contributed by atoms with Gasteiger partial charge in [-0.25, -0.2) is 0 Å².